The van der Waals surface area contributed by atoms with Gasteiger partial charge in [-0.25, -0.2) is 4.79 Å². The summed E-state index contributed by atoms with van der Waals surface area (Å²) in [5, 5.41) is 8.39. The van der Waals surface area contributed by atoms with Gasteiger partial charge in [0.1, 0.15) is 0 Å². The minimum absolute atomic E-state index is 0. The fraction of sp³-hybridized carbons (Fsp3) is 0.900. The van der Waals surface area contributed by atoms with Gasteiger partial charge in [0.2, 0.25) is 0 Å². The molecule has 0 spiro atoms. The Hall–Kier alpha value is -0.0600. The summed E-state index contributed by atoms with van der Waals surface area (Å²) in [7, 11) is 0. The van der Waals surface area contributed by atoms with Crippen molar-refractivity contribution in [2.45, 2.75) is 110 Å². The Labute approximate surface area is 178 Å². The van der Waals surface area contributed by atoms with Crippen molar-refractivity contribution in [1.82, 2.24) is 0 Å². The van der Waals surface area contributed by atoms with Gasteiger partial charge in [-0.2, -0.15) is 0 Å². The first-order valence-corrected chi connectivity index (χ1v) is 10.0. The molecule has 0 aliphatic heterocycles. The Balaban J connectivity index is -0.00000264. The smallest absolute Gasteiger partial charge is 1.00 e. The number of hydrogen-bond donors (Lipinski definition) is 1. The van der Waals surface area contributed by atoms with Crippen molar-refractivity contribution in [1.29, 1.82) is 0 Å². The summed E-state index contributed by atoms with van der Waals surface area (Å²) in [5.41, 5.74) is 0. The molecule has 0 rings (SSSR count). The molecule has 1 N–H and O–H groups in total. The second-order valence-corrected chi connectivity index (χ2v) is 6.75. The number of ether oxygens (including phenoxy) is 1. The van der Waals surface area contributed by atoms with Crippen LogP contribution in [0.15, 0.2) is 0 Å². The van der Waals surface area contributed by atoms with E-state index < -0.39 is 18.5 Å². The van der Waals surface area contributed by atoms with Gasteiger partial charge in [-0.1, -0.05) is 96.8 Å². The van der Waals surface area contributed by atoms with Crippen LogP contribution >= 0.6 is 0 Å². The van der Waals surface area contributed by atoms with E-state index in [1.807, 2.05) is 0 Å². The predicted molar refractivity (Wildman–Crippen MR) is 99.3 cm³/mol. The molecule has 0 amide bonds. The standard InChI is InChI=1S/C20H38O4.Na.H/c1-2-3-4-5-6-7-8-9-10-11-12-13-14-15-16-17-20(23)24-18-19(21)22;;/h2-18H2,1H3,(H,21,22);;/q;+1;-1. The number of carboxylic acid groups (broad SMARTS) is 1. The van der Waals surface area contributed by atoms with Crippen LogP contribution in [0.4, 0.5) is 0 Å². The Bertz CT molecular complexity index is 314. The first-order chi connectivity index (χ1) is 11.7. The number of aliphatic carboxylic acids is 1. The summed E-state index contributed by atoms with van der Waals surface area (Å²) in [6.07, 6.45) is 19.7. The predicted octanol–water partition coefficient (Wildman–Crippen LogP) is 2.99. The molecule has 0 aromatic rings. The van der Waals surface area contributed by atoms with Gasteiger partial charge < -0.3 is 11.3 Å². The minimum Gasteiger partial charge on any atom is -1.00 e. The Morgan fingerprint density at radius 1 is 0.720 bits per heavy atom. The van der Waals surface area contributed by atoms with Gasteiger partial charge in [0.25, 0.3) is 0 Å². The third kappa shape index (κ3) is 23.9. The Morgan fingerprint density at radius 2 is 1.08 bits per heavy atom. The van der Waals surface area contributed by atoms with Crippen LogP contribution < -0.4 is 29.6 Å². The van der Waals surface area contributed by atoms with Crippen molar-refractivity contribution in [2.24, 2.45) is 0 Å². The largest absolute Gasteiger partial charge is 1.00 e. The van der Waals surface area contributed by atoms with Crippen LogP contribution in [-0.4, -0.2) is 23.7 Å². The molecule has 144 valence electrons. The summed E-state index contributed by atoms with van der Waals surface area (Å²) in [6.45, 7) is 1.74. The van der Waals surface area contributed by atoms with Crippen molar-refractivity contribution in [2.75, 3.05) is 6.61 Å². The van der Waals surface area contributed by atoms with E-state index in [2.05, 4.69) is 11.7 Å². The summed E-state index contributed by atoms with van der Waals surface area (Å²) in [5.74, 6) is -1.49. The average Bonchev–Trinajstić information content (AvgIpc) is 2.56. The van der Waals surface area contributed by atoms with Gasteiger partial charge in [-0.3, -0.25) is 4.79 Å². The molecule has 0 unspecified atom stereocenters. The zero-order chi connectivity index (χ0) is 17.9. The summed E-state index contributed by atoms with van der Waals surface area (Å²) in [6, 6.07) is 0. The van der Waals surface area contributed by atoms with Gasteiger partial charge in [-0.15, -0.1) is 0 Å². The third-order valence-corrected chi connectivity index (χ3v) is 4.34. The van der Waals surface area contributed by atoms with Gasteiger partial charge in [-0.05, 0) is 6.42 Å². The van der Waals surface area contributed by atoms with Crippen LogP contribution in [0.25, 0.3) is 0 Å². The minimum atomic E-state index is -1.10. The number of unbranched alkanes of at least 4 members (excludes halogenated alkanes) is 14. The van der Waals surface area contributed by atoms with Gasteiger partial charge in [0.15, 0.2) is 6.61 Å². The number of carbonyl (C=O) groups excluding carboxylic acids is 1. The topological polar surface area (TPSA) is 63.6 Å². The van der Waals surface area contributed by atoms with Crippen molar-refractivity contribution in [3.63, 3.8) is 0 Å². The monoisotopic (exact) mass is 366 g/mol. The van der Waals surface area contributed by atoms with E-state index in [0.717, 1.165) is 19.3 Å². The van der Waals surface area contributed by atoms with Crippen LogP contribution in [0, 0.1) is 0 Å². The molecule has 0 aliphatic rings. The number of carbonyl (C=O) groups is 2. The van der Waals surface area contributed by atoms with Crippen LogP contribution in [0.2, 0.25) is 0 Å². The van der Waals surface area contributed by atoms with Crippen molar-refractivity contribution in [3.8, 4) is 0 Å². The van der Waals surface area contributed by atoms with E-state index in [-0.39, 0.29) is 31.0 Å². The van der Waals surface area contributed by atoms with Crippen molar-refractivity contribution in [3.05, 3.63) is 0 Å². The quantitative estimate of drug-likeness (QED) is 0.230. The summed E-state index contributed by atoms with van der Waals surface area (Å²) in [4.78, 5) is 21.4. The molecule has 0 aromatic carbocycles. The molecule has 0 bridgehead atoms. The van der Waals surface area contributed by atoms with Crippen LogP contribution in [-0.2, 0) is 14.3 Å². The molecular weight excluding hydrogens is 327 g/mol. The maximum absolute atomic E-state index is 11.2. The molecular formula is C20H39NaO4. The summed E-state index contributed by atoms with van der Waals surface area (Å²) < 4.78 is 4.58. The number of esters is 1. The first kappa shape index (κ1) is 27.2. The second-order valence-electron chi connectivity index (χ2n) is 6.75. The zero-order valence-electron chi connectivity index (χ0n) is 17.7. The SMILES string of the molecule is CCCCCCCCCCCCCCCCCC(=O)OCC(=O)O.[H-].[Na+]. The van der Waals surface area contributed by atoms with Crippen molar-refractivity contribution < 1.29 is 50.4 Å². The molecule has 4 nitrogen and oxygen atoms in total. The van der Waals surface area contributed by atoms with Crippen molar-refractivity contribution >= 4 is 11.9 Å². The summed E-state index contributed by atoms with van der Waals surface area (Å²) >= 11 is 0. The molecule has 0 aromatic heterocycles. The van der Waals surface area contributed by atoms with Gasteiger partial charge in [0.05, 0.1) is 0 Å². The number of carboxylic acids is 1. The van der Waals surface area contributed by atoms with E-state index in [1.165, 1.54) is 77.0 Å². The van der Waals surface area contributed by atoms with E-state index in [0.29, 0.717) is 6.42 Å². The number of hydrogen-bond acceptors (Lipinski definition) is 3. The van der Waals surface area contributed by atoms with Crippen LogP contribution in [0.1, 0.15) is 111 Å². The fourth-order valence-electron chi connectivity index (χ4n) is 2.86. The average molecular weight is 367 g/mol. The Morgan fingerprint density at radius 3 is 1.44 bits per heavy atom. The first-order valence-electron chi connectivity index (χ1n) is 10.0. The molecule has 5 heteroatoms. The Kier molecular flexibility index (Phi) is 23.9. The molecule has 0 heterocycles. The maximum atomic E-state index is 11.2. The number of rotatable bonds is 18. The third-order valence-electron chi connectivity index (χ3n) is 4.34. The van der Waals surface area contributed by atoms with Crippen LogP contribution in [0.5, 0.6) is 0 Å². The normalized spacial score (nSPS) is 10.3. The molecule has 0 saturated heterocycles. The van der Waals surface area contributed by atoms with Gasteiger partial charge >= 0.3 is 41.5 Å². The van der Waals surface area contributed by atoms with E-state index in [1.54, 1.807) is 0 Å². The van der Waals surface area contributed by atoms with E-state index >= 15 is 0 Å². The van der Waals surface area contributed by atoms with Gasteiger partial charge in [0, 0.05) is 6.42 Å². The molecule has 0 atom stereocenters. The fourth-order valence-corrected chi connectivity index (χ4v) is 2.86. The maximum Gasteiger partial charge on any atom is 1.00 e. The molecule has 0 aliphatic carbocycles. The molecule has 0 fully saturated rings. The van der Waals surface area contributed by atoms with Crippen LogP contribution in [0.3, 0.4) is 0 Å². The molecule has 0 saturated carbocycles. The molecule has 0 radical (unpaired) electrons. The van der Waals surface area contributed by atoms with E-state index in [9.17, 15) is 9.59 Å². The second kappa shape index (κ2) is 22.0. The van der Waals surface area contributed by atoms with E-state index in [4.69, 9.17) is 5.11 Å². The molecule has 25 heavy (non-hydrogen) atoms. The zero-order valence-corrected chi connectivity index (χ0v) is 18.7.